The summed E-state index contributed by atoms with van der Waals surface area (Å²) >= 11 is 3.44. The van der Waals surface area contributed by atoms with Crippen molar-refractivity contribution in [2.75, 3.05) is 0 Å². The molecule has 1 heterocycles. The number of carbonyl (C=O) groups is 2. The average molecular weight is 453 g/mol. The summed E-state index contributed by atoms with van der Waals surface area (Å²) in [5.41, 5.74) is 1.30. The van der Waals surface area contributed by atoms with E-state index in [4.69, 9.17) is 9.47 Å². The van der Waals surface area contributed by atoms with Crippen molar-refractivity contribution in [3.63, 3.8) is 0 Å². The molecule has 4 rings (SSSR count). The van der Waals surface area contributed by atoms with Crippen LogP contribution in [-0.4, -0.2) is 22.8 Å². The summed E-state index contributed by atoms with van der Waals surface area (Å²) in [6.07, 6.45) is -0.718. The Balaban J connectivity index is 1.86. The summed E-state index contributed by atoms with van der Waals surface area (Å²) < 4.78 is 12.4. The van der Waals surface area contributed by atoms with Gasteiger partial charge in [0.15, 0.2) is 0 Å². The molecule has 1 aliphatic heterocycles. The molecule has 3 aromatic rings. The van der Waals surface area contributed by atoms with Crippen LogP contribution >= 0.6 is 15.9 Å². The van der Waals surface area contributed by atoms with Crippen molar-refractivity contribution in [1.82, 2.24) is 5.01 Å². The normalized spacial score (nSPS) is 15.8. The van der Waals surface area contributed by atoms with E-state index in [-0.39, 0.29) is 11.8 Å². The van der Waals surface area contributed by atoms with E-state index < -0.39 is 12.2 Å². The van der Waals surface area contributed by atoms with E-state index >= 15 is 0 Å². The lowest BCUT2D eigenvalue weighted by Crippen LogP contribution is -2.25. The first-order valence-corrected chi connectivity index (χ1v) is 9.74. The second-order valence-corrected chi connectivity index (χ2v) is 7.46. The quantitative estimate of drug-likeness (QED) is 0.424. The third-order valence-corrected chi connectivity index (χ3v) is 4.95. The van der Waals surface area contributed by atoms with E-state index in [1.165, 1.54) is 18.9 Å². The molecular formula is C22H17BrN2O4. The predicted octanol–water partition coefficient (Wildman–Crippen LogP) is 4.77. The molecule has 1 aliphatic rings. The maximum Gasteiger partial charge on any atom is 0.308 e. The van der Waals surface area contributed by atoms with Crippen LogP contribution < -0.4 is 4.74 Å². The molecule has 0 bridgehead atoms. The molecule has 0 saturated heterocycles. The highest BCUT2D eigenvalue weighted by atomic mass is 79.9. The molecule has 1 amide bonds. The number of esters is 1. The molecule has 0 spiro atoms. The Morgan fingerprint density at radius 3 is 2.59 bits per heavy atom. The maximum absolute atomic E-state index is 12.3. The highest BCUT2D eigenvalue weighted by Gasteiger charge is 2.35. The Morgan fingerprint density at radius 2 is 1.86 bits per heavy atom. The zero-order valence-electron chi connectivity index (χ0n) is 15.8. The fourth-order valence-corrected chi connectivity index (χ4v) is 3.67. The lowest BCUT2D eigenvalue weighted by atomic mass is 10.0. The first-order valence-electron chi connectivity index (χ1n) is 8.95. The molecule has 3 aromatic carbocycles. The van der Waals surface area contributed by atoms with Gasteiger partial charge in [0.05, 0.1) is 5.56 Å². The third-order valence-electron chi connectivity index (χ3n) is 4.46. The molecule has 0 N–H and O–H groups in total. The van der Waals surface area contributed by atoms with E-state index in [9.17, 15) is 9.59 Å². The first kappa shape index (κ1) is 19.1. The maximum atomic E-state index is 12.3. The Kier molecular flexibility index (Phi) is 5.07. The minimum absolute atomic E-state index is 0.221. The average Bonchev–Trinajstić information content (AvgIpc) is 3.13. The van der Waals surface area contributed by atoms with E-state index in [0.29, 0.717) is 11.3 Å². The van der Waals surface area contributed by atoms with Crippen molar-refractivity contribution >= 4 is 44.5 Å². The minimum atomic E-state index is -0.718. The van der Waals surface area contributed by atoms with Crippen molar-refractivity contribution in [1.29, 1.82) is 0 Å². The zero-order chi connectivity index (χ0) is 20.5. The SMILES string of the molecule is CC(=O)Oc1ccc2ccccc2c1C1=NN(C(C)=O)[C@H](c2cccc(Br)c2)O1. The number of halogens is 1. The molecule has 0 saturated carbocycles. The second-order valence-electron chi connectivity index (χ2n) is 6.55. The fraction of sp³-hybridized carbons (Fsp3) is 0.136. The number of carbonyl (C=O) groups excluding carboxylic acids is 2. The summed E-state index contributed by atoms with van der Waals surface area (Å²) in [4.78, 5) is 23.9. The third kappa shape index (κ3) is 3.73. The van der Waals surface area contributed by atoms with E-state index in [1.54, 1.807) is 6.07 Å². The molecular weight excluding hydrogens is 436 g/mol. The zero-order valence-corrected chi connectivity index (χ0v) is 17.3. The molecule has 6 nitrogen and oxygen atoms in total. The van der Waals surface area contributed by atoms with Crippen LogP contribution in [0.15, 0.2) is 70.2 Å². The number of rotatable bonds is 3. The summed E-state index contributed by atoms with van der Waals surface area (Å²) in [6.45, 7) is 2.76. The van der Waals surface area contributed by atoms with Gasteiger partial charge in [0.1, 0.15) is 5.75 Å². The van der Waals surface area contributed by atoms with E-state index in [1.807, 2.05) is 54.6 Å². The minimum Gasteiger partial charge on any atom is -0.446 e. The first-order chi connectivity index (χ1) is 13.9. The summed E-state index contributed by atoms with van der Waals surface area (Å²) in [6, 6.07) is 18.7. The van der Waals surface area contributed by atoms with Crippen LogP contribution in [-0.2, 0) is 14.3 Å². The number of amides is 1. The van der Waals surface area contributed by atoms with Gasteiger partial charge in [-0.1, -0.05) is 58.4 Å². The van der Waals surface area contributed by atoms with Crippen molar-refractivity contribution in [2.45, 2.75) is 20.1 Å². The van der Waals surface area contributed by atoms with Crippen LogP contribution in [0.4, 0.5) is 0 Å². The van der Waals surface area contributed by atoms with E-state index in [0.717, 1.165) is 20.8 Å². The number of benzene rings is 3. The predicted molar refractivity (Wildman–Crippen MR) is 112 cm³/mol. The van der Waals surface area contributed by atoms with Gasteiger partial charge in [0, 0.05) is 23.9 Å². The number of hydrogen-bond acceptors (Lipinski definition) is 5. The summed E-state index contributed by atoms with van der Waals surface area (Å²) in [5, 5.41) is 7.47. The molecule has 0 unspecified atom stereocenters. The second kappa shape index (κ2) is 7.67. The van der Waals surface area contributed by atoms with Crippen molar-refractivity contribution in [2.24, 2.45) is 5.10 Å². The highest BCUT2D eigenvalue weighted by molar-refractivity contribution is 9.10. The molecule has 1 atom stereocenters. The molecule has 0 radical (unpaired) electrons. The van der Waals surface area contributed by atoms with Gasteiger partial charge >= 0.3 is 5.97 Å². The van der Waals surface area contributed by atoms with Gasteiger partial charge in [0.2, 0.25) is 18.0 Å². The van der Waals surface area contributed by atoms with Crippen LogP contribution in [0.3, 0.4) is 0 Å². The molecule has 7 heteroatoms. The Labute approximate surface area is 175 Å². The highest BCUT2D eigenvalue weighted by Crippen LogP contribution is 2.36. The number of hydrogen-bond donors (Lipinski definition) is 0. The topological polar surface area (TPSA) is 68.2 Å². The largest absolute Gasteiger partial charge is 0.446 e. The van der Waals surface area contributed by atoms with Crippen LogP contribution in [0.5, 0.6) is 5.75 Å². The van der Waals surface area contributed by atoms with E-state index in [2.05, 4.69) is 21.0 Å². The van der Waals surface area contributed by atoms with Crippen molar-refractivity contribution in [3.05, 3.63) is 76.3 Å². The van der Waals surface area contributed by atoms with Gasteiger partial charge in [-0.25, -0.2) is 0 Å². The number of fused-ring (bicyclic) bond motifs is 1. The Hall–Kier alpha value is -3.19. The van der Waals surface area contributed by atoms with Crippen LogP contribution in [0, 0.1) is 0 Å². The Morgan fingerprint density at radius 1 is 1.07 bits per heavy atom. The Bertz CT molecular complexity index is 1160. The number of nitrogens with zero attached hydrogens (tertiary/aromatic N) is 2. The van der Waals surface area contributed by atoms with Gasteiger partial charge in [-0.3, -0.25) is 9.59 Å². The van der Waals surface area contributed by atoms with Crippen LogP contribution in [0.1, 0.15) is 31.2 Å². The monoisotopic (exact) mass is 452 g/mol. The van der Waals surface area contributed by atoms with Crippen LogP contribution in [0.2, 0.25) is 0 Å². The lowest BCUT2D eigenvalue weighted by Gasteiger charge is -2.19. The van der Waals surface area contributed by atoms with Gasteiger partial charge < -0.3 is 9.47 Å². The summed E-state index contributed by atoms with van der Waals surface area (Å²) in [5.74, 6) is -0.169. The van der Waals surface area contributed by atoms with Gasteiger partial charge in [-0.2, -0.15) is 5.01 Å². The van der Waals surface area contributed by atoms with Crippen LogP contribution in [0.25, 0.3) is 10.8 Å². The molecule has 0 aromatic heterocycles. The number of hydrazone groups is 1. The fourth-order valence-electron chi connectivity index (χ4n) is 3.26. The number of ether oxygens (including phenoxy) is 2. The smallest absolute Gasteiger partial charge is 0.308 e. The molecule has 29 heavy (non-hydrogen) atoms. The van der Waals surface area contributed by atoms with Gasteiger partial charge in [-0.05, 0) is 29.0 Å². The van der Waals surface area contributed by atoms with Crippen molar-refractivity contribution < 1.29 is 19.1 Å². The molecule has 0 fully saturated rings. The lowest BCUT2D eigenvalue weighted by molar-refractivity contribution is -0.135. The standard InChI is InChI=1S/C22H17BrN2O4/c1-13(26)25-22(16-7-5-8-17(23)12-16)29-21(24-25)20-18-9-4-3-6-15(18)10-11-19(20)28-14(2)27/h3-12,22H,1-2H3/t22-/m0/s1. The van der Waals surface area contributed by atoms with Gasteiger partial charge in [0.25, 0.3) is 0 Å². The summed E-state index contributed by atoms with van der Waals surface area (Å²) in [7, 11) is 0. The van der Waals surface area contributed by atoms with Gasteiger partial charge in [-0.15, -0.1) is 5.10 Å². The molecule has 146 valence electrons. The van der Waals surface area contributed by atoms with Crippen molar-refractivity contribution in [3.8, 4) is 5.75 Å². The molecule has 0 aliphatic carbocycles.